The van der Waals surface area contributed by atoms with Crippen LogP contribution in [0.3, 0.4) is 0 Å². The van der Waals surface area contributed by atoms with Crippen molar-refractivity contribution >= 4 is 0 Å². The molecule has 0 bridgehead atoms. The molecule has 0 aliphatic heterocycles. The van der Waals surface area contributed by atoms with Gasteiger partial charge in [-0.1, -0.05) is 54.4 Å². The zero-order valence-corrected chi connectivity index (χ0v) is 12.3. The summed E-state index contributed by atoms with van der Waals surface area (Å²) >= 11 is 0. The first kappa shape index (κ1) is 16.0. The lowest BCUT2D eigenvalue weighted by atomic mass is 9.85. The zero-order valence-electron chi connectivity index (χ0n) is 12.3. The lowest BCUT2D eigenvalue weighted by Gasteiger charge is -2.28. The van der Waals surface area contributed by atoms with Crippen molar-refractivity contribution in [1.29, 1.82) is 0 Å². The molecule has 1 heteroatoms. The third-order valence-electron chi connectivity index (χ3n) is 3.75. The molecule has 0 aliphatic carbocycles. The standard InChI is InChI=1S/C15H33N/c1-7-9-10-14(8-2)16-11-15(12(3)4)13(5)6/h12-16H,7-11H2,1-6H3. The van der Waals surface area contributed by atoms with Gasteiger partial charge in [0.1, 0.15) is 0 Å². The minimum atomic E-state index is 0.736. The molecule has 1 atom stereocenters. The summed E-state index contributed by atoms with van der Waals surface area (Å²) in [6.45, 7) is 15.2. The molecular formula is C15H33N. The van der Waals surface area contributed by atoms with Gasteiger partial charge in [-0.2, -0.15) is 0 Å². The van der Waals surface area contributed by atoms with E-state index in [9.17, 15) is 0 Å². The molecule has 1 nitrogen and oxygen atoms in total. The third-order valence-corrected chi connectivity index (χ3v) is 3.75. The normalized spacial score (nSPS) is 14.1. The van der Waals surface area contributed by atoms with Gasteiger partial charge in [0.25, 0.3) is 0 Å². The second-order valence-electron chi connectivity index (χ2n) is 5.81. The monoisotopic (exact) mass is 227 g/mol. The number of unbranched alkanes of at least 4 members (excludes halogenated alkanes) is 1. The van der Waals surface area contributed by atoms with E-state index in [1.165, 1.54) is 32.2 Å². The van der Waals surface area contributed by atoms with E-state index in [0.717, 1.165) is 23.8 Å². The Hall–Kier alpha value is -0.0400. The van der Waals surface area contributed by atoms with Gasteiger partial charge in [-0.15, -0.1) is 0 Å². The van der Waals surface area contributed by atoms with E-state index in [-0.39, 0.29) is 0 Å². The minimum absolute atomic E-state index is 0.736. The fraction of sp³-hybridized carbons (Fsp3) is 1.00. The lowest BCUT2D eigenvalue weighted by molar-refractivity contribution is 0.260. The van der Waals surface area contributed by atoms with E-state index < -0.39 is 0 Å². The minimum Gasteiger partial charge on any atom is -0.314 e. The molecule has 1 unspecified atom stereocenters. The molecule has 16 heavy (non-hydrogen) atoms. The van der Waals surface area contributed by atoms with Crippen molar-refractivity contribution in [2.75, 3.05) is 6.54 Å². The van der Waals surface area contributed by atoms with Crippen molar-refractivity contribution in [3.8, 4) is 0 Å². The van der Waals surface area contributed by atoms with Crippen LogP contribution in [-0.4, -0.2) is 12.6 Å². The SMILES string of the molecule is CCCCC(CC)NCC(C(C)C)C(C)C. The van der Waals surface area contributed by atoms with Gasteiger partial charge in [0.2, 0.25) is 0 Å². The second kappa shape index (κ2) is 9.04. The predicted octanol–water partition coefficient (Wildman–Crippen LogP) is 4.47. The summed E-state index contributed by atoms with van der Waals surface area (Å²) in [6, 6.07) is 0.736. The highest BCUT2D eigenvalue weighted by atomic mass is 14.9. The van der Waals surface area contributed by atoms with Gasteiger partial charge in [-0.05, 0) is 37.1 Å². The average molecular weight is 227 g/mol. The Kier molecular flexibility index (Phi) is 9.02. The van der Waals surface area contributed by atoms with E-state index in [4.69, 9.17) is 0 Å². The van der Waals surface area contributed by atoms with Crippen molar-refractivity contribution in [1.82, 2.24) is 5.32 Å². The molecule has 0 rings (SSSR count). The molecule has 98 valence electrons. The van der Waals surface area contributed by atoms with E-state index in [1.54, 1.807) is 0 Å². The van der Waals surface area contributed by atoms with Crippen LogP contribution < -0.4 is 5.32 Å². The Morgan fingerprint density at radius 1 is 0.938 bits per heavy atom. The maximum absolute atomic E-state index is 3.77. The van der Waals surface area contributed by atoms with Crippen molar-refractivity contribution < 1.29 is 0 Å². The highest BCUT2D eigenvalue weighted by Crippen LogP contribution is 2.20. The summed E-state index contributed by atoms with van der Waals surface area (Å²) in [6.07, 6.45) is 5.29. The van der Waals surface area contributed by atoms with Gasteiger partial charge < -0.3 is 5.32 Å². The maximum atomic E-state index is 3.77. The Bertz CT molecular complexity index is 144. The highest BCUT2D eigenvalue weighted by molar-refractivity contribution is 4.73. The largest absolute Gasteiger partial charge is 0.314 e. The van der Waals surface area contributed by atoms with Gasteiger partial charge in [0, 0.05) is 6.04 Å². The summed E-state index contributed by atoms with van der Waals surface area (Å²) in [5.41, 5.74) is 0. The molecule has 0 aromatic rings. The van der Waals surface area contributed by atoms with Gasteiger partial charge in [-0.25, -0.2) is 0 Å². The highest BCUT2D eigenvalue weighted by Gasteiger charge is 2.18. The summed E-state index contributed by atoms with van der Waals surface area (Å²) in [7, 11) is 0. The van der Waals surface area contributed by atoms with Crippen LogP contribution >= 0.6 is 0 Å². The average Bonchev–Trinajstić information content (AvgIpc) is 2.22. The molecule has 0 amide bonds. The first-order valence-electron chi connectivity index (χ1n) is 7.26. The van der Waals surface area contributed by atoms with Crippen molar-refractivity contribution in [2.45, 2.75) is 73.3 Å². The molecule has 0 saturated heterocycles. The van der Waals surface area contributed by atoms with Crippen LogP contribution in [0.15, 0.2) is 0 Å². The second-order valence-corrected chi connectivity index (χ2v) is 5.81. The van der Waals surface area contributed by atoms with Crippen LogP contribution in [0.5, 0.6) is 0 Å². The van der Waals surface area contributed by atoms with Crippen molar-refractivity contribution in [3.05, 3.63) is 0 Å². The third kappa shape index (κ3) is 6.52. The summed E-state index contributed by atoms with van der Waals surface area (Å²) < 4.78 is 0. The Balaban J connectivity index is 3.96. The van der Waals surface area contributed by atoms with E-state index >= 15 is 0 Å². The van der Waals surface area contributed by atoms with E-state index in [2.05, 4.69) is 46.9 Å². The van der Waals surface area contributed by atoms with Crippen LogP contribution in [0.2, 0.25) is 0 Å². The molecule has 0 aliphatic rings. The van der Waals surface area contributed by atoms with Crippen molar-refractivity contribution in [2.24, 2.45) is 17.8 Å². The quantitative estimate of drug-likeness (QED) is 0.612. The van der Waals surface area contributed by atoms with Gasteiger partial charge in [0.15, 0.2) is 0 Å². The van der Waals surface area contributed by atoms with Crippen LogP contribution in [0.25, 0.3) is 0 Å². The number of hydrogen-bond acceptors (Lipinski definition) is 1. The lowest BCUT2D eigenvalue weighted by Crippen LogP contribution is -2.36. The molecule has 0 aromatic carbocycles. The molecule has 1 N–H and O–H groups in total. The zero-order chi connectivity index (χ0) is 12.6. The molecule has 0 spiro atoms. The Morgan fingerprint density at radius 3 is 1.88 bits per heavy atom. The van der Waals surface area contributed by atoms with Crippen LogP contribution in [0.4, 0.5) is 0 Å². The summed E-state index contributed by atoms with van der Waals surface area (Å²) in [5.74, 6) is 2.39. The smallest absolute Gasteiger partial charge is 0.00645 e. The molecular weight excluding hydrogens is 194 g/mol. The Morgan fingerprint density at radius 2 is 1.50 bits per heavy atom. The maximum Gasteiger partial charge on any atom is 0.00645 e. The summed E-state index contributed by atoms with van der Waals surface area (Å²) in [4.78, 5) is 0. The topological polar surface area (TPSA) is 12.0 Å². The fourth-order valence-electron chi connectivity index (χ4n) is 2.45. The molecule has 0 heterocycles. The van der Waals surface area contributed by atoms with E-state index in [0.29, 0.717) is 0 Å². The molecule has 0 saturated carbocycles. The predicted molar refractivity (Wildman–Crippen MR) is 74.8 cm³/mol. The van der Waals surface area contributed by atoms with Crippen molar-refractivity contribution in [3.63, 3.8) is 0 Å². The van der Waals surface area contributed by atoms with Gasteiger partial charge >= 0.3 is 0 Å². The number of hydrogen-bond donors (Lipinski definition) is 1. The number of nitrogens with one attached hydrogen (secondary N) is 1. The first-order chi connectivity index (χ1) is 7.52. The van der Waals surface area contributed by atoms with Crippen LogP contribution in [0, 0.1) is 17.8 Å². The van der Waals surface area contributed by atoms with Crippen LogP contribution in [0.1, 0.15) is 67.2 Å². The van der Waals surface area contributed by atoms with E-state index in [1.807, 2.05) is 0 Å². The molecule has 0 radical (unpaired) electrons. The molecule has 0 fully saturated rings. The van der Waals surface area contributed by atoms with Gasteiger partial charge in [-0.3, -0.25) is 0 Å². The molecule has 0 aromatic heterocycles. The number of rotatable bonds is 9. The Labute approximate surface area is 103 Å². The summed E-state index contributed by atoms with van der Waals surface area (Å²) in [5, 5.41) is 3.77. The van der Waals surface area contributed by atoms with Crippen LogP contribution in [-0.2, 0) is 0 Å². The van der Waals surface area contributed by atoms with Gasteiger partial charge in [0.05, 0.1) is 0 Å². The fourth-order valence-corrected chi connectivity index (χ4v) is 2.45. The first-order valence-corrected chi connectivity index (χ1v) is 7.26.